The minimum Gasteiger partial charge on any atom is -0.147 e. The molecule has 0 fully saturated rings. The van der Waals surface area contributed by atoms with Gasteiger partial charge in [0.1, 0.15) is 0 Å². The molecule has 6 rings (SSSR count). The van der Waals surface area contributed by atoms with Crippen LogP contribution in [0.1, 0.15) is 48.0 Å². The predicted octanol–water partition coefficient (Wildman–Crippen LogP) is 8.70. The van der Waals surface area contributed by atoms with E-state index in [1.165, 1.54) is 22.3 Å². The molecule has 0 saturated heterocycles. The summed E-state index contributed by atoms with van der Waals surface area (Å²) < 4.78 is 2.36. The summed E-state index contributed by atoms with van der Waals surface area (Å²) in [4.78, 5) is 0. The molecule has 2 aliphatic rings. The van der Waals surface area contributed by atoms with Crippen LogP contribution in [-0.4, -0.2) is 5.43 Å². The molecule has 0 aliphatic heterocycles. The zero-order valence-corrected chi connectivity index (χ0v) is 28.6. The molecule has 2 atom stereocenters. The quantitative estimate of drug-likeness (QED) is 0.188. The van der Waals surface area contributed by atoms with Gasteiger partial charge >= 0.3 is 237 Å². The summed E-state index contributed by atoms with van der Waals surface area (Å²) in [7, 11) is 0. The van der Waals surface area contributed by atoms with Gasteiger partial charge in [0.05, 0.1) is 0 Å². The van der Waals surface area contributed by atoms with Crippen molar-refractivity contribution in [2.45, 2.75) is 31.3 Å². The number of rotatable bonds is 5. The van der Waals surface area contributed by atoms with Crippen LogP contribution in [0.25, 0.3) is 5.57 Å². The molecule has 202 valence electrons. The Labute approximate surface area is 260 Å². The molecule has 0 heterocycles. The molecular weight excluding hydrogens is 623 g/mol. The van der Waals surface area contributed by atoms with Crippen molar-refractivity contribution in [1.29, 1.82) is 0 Å². The van der Waals surface area contributed by atoms with E-state index in [2.05, 4.69) is 149 Å². The molecule has 2 unspecified atom stereocenters. The van der Waals surface area contributed by atoms with Gasteiger partial charge in [-0.05, 0) is 0 Å². The molecule has 0 N–H and O–H groups in total. The van der Waals surface area contributed by atoms with E-state index >= 15 is 0 Å². The first-order valence-electron chi connectivity index (χ1n) is 13.7. The molecule has 0 aromatic heterocycles. The van der Waals surface area contributed by atoms with Crippen molar-refractivity contribution < 1.29 is 20.4 Å². The number of hydrogen-bond donors (Lipinski definition) is 0. The van der Waals surface area contributed by atoms with Crippen molar-refractivity contribution in [3.8, 4) is 0 Å². The van der Waals surface area contributed by atoms with Gasteiger partial charge in [-0.3, -0.25) is 0 Å². The Morgan fingerprint density at radius 2 is 1.10 bits per heavy atom. The van der Waals surface area contributed by atoms with Gasteiger partial charge in [-0.15, -0.1) is 24.8 Å². The van der Waals surface area contributed by atoms with E-state index in [0.29, 0.717) is 9.54 Å². The number of hydrogen-bond acceptors (Lipinski definition) is 0. The standard InChI is InChI=1S/C15H11.C12H10Si.C9H13.2ClH.Zr/c1-2-6-12(7-3-1)15-11-10-13-8-4-5-9-14(13)15;1-3-7-11(8-4-1)13-12-9-5-2-6-10-12;1-6-5-7(2)9(4)8(6)3;;;/h1-11H;1-10H;6H,1-4H3;2*1H;. The molecule has 40 heavy (non-hydrogen) atoms. The fourth-order valence-corrected chi connectivity index (χ4v) is 30.3. The maximum Gasteiger partial charge on any atom is -0.147 e. The molecular formula is C36H36Cl2SiZr. The van der Waals surface area contributed by atoms with Crippen LogP contribution in [0.3, 0.4) is 0 Å². The largest absolute Gasteiger partial charge is 0.147 e. The maximum absolute atomic E-state index is 2.70. The Hall–Kier alpha value is -2.22. The Kier molecular flexibility index (Phi) is 10.1. The van der Waals surface area contributed by atoms with Crippen molar-refractivity contribution in [3.63, 3.8) is 0 Å². The van der Waals surface area contributed by atoms with E-state index in [-0.39, 0.29) is 24.8 Å². The molecule has 4 heteroatoms. The summed E-state index contributed by atoms with van der Waals surface area (Å²) in [6.45, 7) is 9.66. The van der Waals surface area contributed by atoms with Crippen LogP contribution >= 0.6 is 24.8 Å². The van der Waals surface area contributed by atoms with E-state index in [1.54, 1.807) is 27.1 Å². The van der Waals surface area contributed by atoms with Crippen LogP contribution in [0.5, 0.6) is 0 Å². The van der Waals surface area contributed by atoms with Crippen LogP contribution in [0, 0.1) is 5.92 Å². The second-order valence-electron chi connectivity index (χ2n) is 10.6. The Morgan fingerprint density at radius 3 is 1.62 bits per heavy atom. The zero-order valence-electron chi connectivity index (χ0n) is 23.5. The fraction of sp³-hybridized carbons (Fsp3) is 0.167. The van der Waals surface area contributed by atoms with E-state index < -0.39 is 25.8 Å². The SMILES string of the molecule is CC1=C(C)C(C)[C]([Zr]([CH]2C=C(c3ccccc3)c3ccccc32)=[Si](c2ccccc2)c2ccccc2)=C1C.Cl.Cl. The minimum absolute atomic E-state index is 0. The van der Waals surface area contributed by atoms with Crippen LogP contribution in [0.2, 0.25) is 0 Å². The van der Waals surface area contributed by atoms with Gasteiger partial charge in [0.2, 0.25) is 0 Å². The maximum atomic E-state index is 2.70. The van der Waals surface area contributed by atoms with Gasteiger partial charge in [0.25, 0.3) is 0 Å². The van der Waals surface area contributed by atoms with Crippen LogP contribution in [0.4, 0.5) is 0 Å². The molecule has 0 bridgehead atoms. The normalized spacial score (nSPS) is 17.6. The first-order valence-corrected chi connectivity index (χ1v) is 21.5. The van der Waals surface area contributed by atoms with Gasteiger partial charge in [-0.1, -0.05) is 0 Å². The summed E-state index contributed by atoms with van der Waals surface area (Å²) in [6, 6.07) is 43.4. The first-order chi connectivity index (χ1) is 18.6. The summed E-state index contributed by atoms with van der Waals surface area (Å²) in [5, 5.41) is 3.15. The minimum atomic E-state index is -2.48. The van der Waals surface area contributed by atoms with E-state index in [0.717, 1.165) is 0 Å². The Morgan fingerprint density at radius 1 is 0.600 bits per heavy atom. The average molecular weight is 659 g/mol. The summed E-state index contributed by atoms with van der Waals surface area (Å²) in [5.41, 5.74) is 9.48. The van der Waals surface area contributed by atoms with Gasteiger partial charge < -0.3 is 0 Å². The molecule has 0 amide bonds. The second kappa shape index (κ2) is 13.2. The smallest absolute Gasteiger partial charge is 0.147 e. The Bertz CT molecular complexity index is 1590. The van der Waals surface area contributed by atoms with Crippen molar-refractivity contribution in [2.75, 3.05) is 0 Å². The summed E-state index contributed by atoms with van der Waals surface area (Å²) in [5.74, 6) is 0.540. The predicted molar refractivity (Wildman–Crippen MR) is 175 cm³/mol. The molecule has 0 nitrogen and oxygen atoms in total. The molecule has 0 spiro atoms. The average Bonchev–Trinajstić information content (AvgIpc) is 3.44. The molecule has 4 aromatic carbocycles. The van der Waals surface area contributed by atoms with E-state index in [4.69, 9.17) is 0 Å². The first kappa shape index (κ1) is 30.7. The summed E-state index contributed by atoms with van der Waals surface area (Å²) >= 11 is -2.48. The Balaban J connectivity index is 0.00000185. The number of benzene rings is 4. The number of halogens is 2. The van der Waals surface area contributed by atoms with Crippen molar-refractivity contribution in [2.24, 2.45) is 5.92 Å². The third kappa shape index (κ3) is 5.49. The fourth-order valence-electron chi connectivity index (χ4n) is 6.41. The second-order valence-corrected chi connectivity index (χ2v) is 24.3. The number of fused-ring (bicyclic) bond motifs is 1. The third-order valence-electron chi connectivity index (χ3n) is 8.64. The van der Waals surface area contributed by atoms with Gasteiger partial charge in [-0.25, -0.2) is 0 Å². The van der Waals surface area contributed by atoms with Crippen molar-refractivity contribution >= 4 is 46.2 Å². The molecule has 0 radical (unpaired) electrons. The monoisotopic (exact) mass is 656 g/mol. The van der Waals surface area contributed by atoms with E-state index in [1.807, 2.05) is 3.28 Å². The van der Waals surface area contributed by atoms with Crippen molar-refractivity contribution in [3.05, 3.63) is 158 Å². The van der Waals surface area contributed by atoms with Crippen molar-refractivity contribution in [1.82, 2.24) is 0 Å². The molecule has 0 saturated carbocycles. The molecule has 2 aliphatic carbocycles. The van der Waals surface area contributed by atoms with Gasteiger partial charge in [0.15, 0.2) is 0 Å². The summed E-state index contributed by atoms with van der Waals surface area (Å²) in [6.07, 6.45) is 2.70. The number of allylic oxidation sites excluding steroid dienone is 5. The van der Waals surface area contributed by atoms with Gasteiger partial charge in [-0.2, -0.15) is 0 Å². The zero-order chi connectivity index (χ0) is 26.2. The van der Waals surface area contributed by atoms with Crippen LogP contribution in [0.15, 0.2) is 141 Å². The van der Waals surface area contributed by atoms with Gasteiger partial charge in [0, 0.05) is 0 Å². The van der Waals surface area contributed by atoms with E-state index in [9.17, 15) is 0 Å². The topological polar surface area (TPSA) is 0 Å². The third-order valence-corrected chi connectivity index (χ3v) is 28.8. The molecule has 4 aromatic rings. The van der Waals surface area contributed by atoms with Crippen LogP contribution < -0.4 is 10.4 Å². The van der Waals surface area contributed by atoms with Crippen LogP contribution in [-0.2, 0) is 20.4 Å².